The third-order valence-corrected chi connectivity index (χ3v) is 4.34. The summed E-state index contributed by atoms with van der Waals surface area (Å²) in [6.07, 6.45) is 3.17. The zero-order valence-corrected chi connectivity index (χ0v) is 12.4. The largest absolute Gasteiger partial charge is 0.448 e. The molecule has 8 heteroatoms. The SMILES string of the molecule is C[C@H](OC(=O)c1ccc([N+](=O)[O-])s1)C(=O)NC1CCCC1. The molecule has 1 heterocycles. The smallest absolute Gasteiger partial charge is 0.349 e. The number of rotatable bonds is 5. The highest BCUT2D eigenvalue weighted by atomic mass is 32.1. The number of nitrogens with one attached hydrogen (secondary N) is 1. The first-order valence-corrected chi connectivity index (χ1v) is 7.54. The summed E-state index contributed by atoms with van der Waals surface area (Å²) < 4.78 is 5.04. The van der Waals surface area contributed by atoms with Crippen LogP contribution in [0.4, 0.5) is 5.00 Å². The Morgan fingerprint density at radius 2 is 2.10 bits per heavy atom. The van der Waals surface area contributed by atoms with Gasteiger partial charge >= 0.3 is 11.0 Å². The second-order valence-corrected chi connectivity index (χ2v) is 5.99. The molecule has 1 saturated carbocycles. The number of nitro groups is 1. The van der Waals surface area contributed by atoms with Gasteiger partial charge in [0.25, 0.3) is 5.91 Å². The molecular formula is C13H16N2O5S. The van der Waals surface area contributed by atoms with Gasteiger partial charge < -0.3 is 10.1 Å². The van der Waals surface area contributed by atoms with Gasteiger partial charge in [0.2, 0.25) is 0 Å². The molecule has 114 valence electrons. The van der Waals surface area contributed by atoms with Crippen molar-refractivity contribution in [1.29, 1.82) is 0 Å². The molecule has 0 radical (unpaired) electrons. The Bertz CT molecular complexity index is 551. The molecule has 1 fully saturated rings. The zero-order valence-electron chi connectivity index (χ0n) is 11.5. The van der Waals surface area contributed by atoms with E-state index in [-0.39, 0.29) is 21.8 Å². The summed E-state index contributed by atoms with van der Waals surface area (Å²) in [4.78, 5) is 33.8. The van der Waals surface area contributed by atoms with Crippen LogP contribution in [0.15, 0.2) is 12.1 Å². The number of carbonyl (C=O) groups excluding carboxylic acids is 2. The Labute approximate surface area is 125 Å². The molecule has 1 atom stereocenters. The van der Waals surface area contributed by atoms with E-state index in [1.807, 2.05) is 0 Å². The molecule has 1 aliphatic rings. The quantitative estimate of drug-likeness (QED) is 0.511. The van der Waals surface area contributed by atoms with E-state index >= 15 is 0 Å². The first-order chi connectivity index (χ1) is 9.97. The molecule has 1 N–H and O–H groups in total. The Morgan fingerprint density at radius 3 is 2.67 bits per heavy atom. The van der Waals surface area contributed by atoms with Gasteiger partial charge in [-0.25, -0.2) is 4.79 Å². The third-order valence-electron chi connectivity index (χ3n) is 3.33. The predicted octanol–water partition coefficient (Wildman–Crippen LogP) is 2.26. The maximum absolute atomic E-state index is 11.9. The fourth-order valence-corrected chi connectivity index (χ4v) is 2.90. The van der Waals surface area contributed by atoms with Gasteiger partial charge in [0, 0.05) is 12.1 Å². The normalized spacial score (nSPS) is 16.4. The second-order valence-electron chi connectivity index (χ2n) is 4.93. The highest BCUT2D eigenvalue weighted by Gasteiger charge is 2.24. The van der Waals surface area contributed by atoms with Crippen LogP contribution in [0.3, 0.4) is 0 Å². The van der Waals surface area contributed by atoms with Crippen LogP contribution in [0.5, 0.6) is 0 Å². The van der Waals surface area contributed by atoms with Crippen LogP contribution in [0.1, 0.15) is 42.3 Å². The summed E-state index contributed by atoms with van der Waals surface area (Å²) in [5, 5.41) is 13.3. The number of hydrogen-bond donors (Lipinski definition) is 1. The van der Waals surface area contributed by atoms with Crippen molar-refractivity contribution in [2.24, 2.45) is 0 Å². The topological polar surface area (TPSA) is 98.5 Å². The zero-order chi connectivity index (χ0) is 15.4. The molecule has 0 saturated heterocycles. The van der Waals surface area contributed by atoms with Crippen molar-refractivity contribution in [2.45, 2.75) is 44.8 Å². The van der Waals surface area contributed by atoms with E-state index in [9.17, 15) is 19.7 Å². The summed E-state index contributed by atoms with van der Waals surface area (Å²) >= 11 is 0.730. The number of ether oxygens (including phenoxy) is 1. The molecule has 1 amide bonds. The van der Waals surface area contributed by atoms with Crippen molar-refractivity contribution in [2.75, 3.05) is 0 Å². The highest BCUT2D eigenvalue weighted by molar-refractivity contribution is 7.17. The molecule has 0 aromatic carbocycles. The van der Waals surface area contributed by atoms with Crippen LogP contribution in [0.2, 0.25) is 0 Å². The van der Waals surface area contributed by atoms with Crippen molar-refractivity contribution >= 4 is 28.2 Å². The second kappa shape index (κ2) is 6.66. The maximum Gasteiger partial charge on any atom is 0.349 e. The number of amides is 1. The standard InChI is InChI=1S/C13H16N2O5S/c1-8(12(16)14-9-4-2-3-5-9)20-13(17)10-6-7-11(21-10)15(18)19/h6-9H,2-5H2,1H3,(H,14,16)/t8-/m0/s1. The molecule has 0 aliphatic heterocycles. The van der Waals surface area contributed by atoms with Crippen molar-refractivity contribution < 1.29 is 19.2 Å². The van der Waals surface area contributed by atoms with Gasteiger partial charge in [0.05, 0.1) is 4.92 Å². The van der Waals surface area contributed by atoms with E-state index in [4.69, 9.17) is 4.74 Å². The van der Waals surface area contributed by atoms with E-state index < -0.39 is 17.0 Å². The molecule has 2 rings (SSSR count). The Morgan fingerprint density at radius 1 is 1.43 bits per heavy atom. The van der Waals surface area contributed by atoms with Crippen LogP contribution in [-0.2, 0) is 9.53 Å². The molecule has 0 unspecified atom stereocenters. The Hall–Kier alpha value is -1.96. The van der Waals surface area contributed by atoms with Crippen molar-refractivity contribution in [1.82, 2.24) is 5.32 Å². The van der Waals surface area contributed by atoms with E-state index in [0.717, 1.165) is 37.0 Å². The fourth-order valence-electron chi connectivity index (χ4n) is 2.20. The minimum atomic E-state index is -0.917. The highest BCUT2D eigenvalue weighted by Crippen LogP contribution is 2.25. The lowest BCUT2D eigenvalue weighted by Gasteiger charge is -2.16. The van der Waals surface area contributed by atoms with Crippen LogP contribution in [-0.4, -0.2) is 28.9 Å². The molecule has 1 aliphatic carbocycles. The van der Waals surface area contributed by atoms with Gasteiger partial charge in [0.1, 0.15) is 4.88 Å². The maximum atomic E-state index is 11.9. The first-order valence-electron chi connectivity index (χ1n) is 6.73. The summed E-state index contributed by atoms with van der Waals surface area (Å²) in [7, 11) is 0. The summed E-state index contributed by atoms with van der Waals surface area (Å²) in [5.74, 6) is -1.05. The summed E-state index contributed by atoms with van der Waals surface area (Å²) in [6.45, 7) is 1.49. The van der Waals surface area contributed by atoms with Gasteiger partial charge in [-0.05, 0) is 25.8 Å². The van der Waals surface area contributed by atoms with Crippen LogP contribution >= 0.6 is 11.3 Å². The van der Waals surface area contributed by atoms with E-state index in [1.54, 1.807) is 0 Å². The minimum Gasteiger partial charge on any atom is -0.448 e. The Balaban J connectivity index is 1.88. The molecule has 7 nitrogen and oxygen atoms in total. The summed E-state index contributed by atoms with van der Waals surface area (Å²) in [6, 6.07) is 2.72. The van der Waals surface area contributed by atoms with Gasteiger partial charge in [-0.1, -0.05) is 24.2 Å². The number of esters is 1. The lowest BCUT2D eigenvalue weighted by atomic mass is 10.2. The van der Waals surface area contributed by atoms with E-state index in [0.29, 0.717) is 0 Å². The molecule has 1 aromatic heterocycles. The Kier molecular flexibility index (Phi) is 4.89. The average molecular weight is 312 g/mol. The van der Waals surface area contributed by atoms with Gasteiger partial charge in [-0.3, -0.25) is 14.9 Å². The summed E-state index contributed by atoms with van der Waals surface area (Å²) in [5.41, 5.74) is 0. The van der Waals surface area contributed by atoms with E-state index in [1.165, 1.54) is 19.1 Å². The lowest BCUT2D eigenvalue weighted by Crippen LogP contribution is -2.40. The molecule has 21 heavy (non-hydrogen) atoms. The fraction of sp³-hybridized carbons (Fsp3) is 0.538. The molecule has 1 aromatic rings. The van der Waals surface area contributed by atoms with Gasteiger partial charge in [-0.15, -0.1) is 0 Å². The monoisotopic (exact) mass is 312 g/mol. The van der Waals surface area contributed by atoms with Crippen LogP contribution < -0.4 is 5.32 Å². The van der Waals surface area contributed by atoms with Crippen LogP contribution in [0, 0.1) is 10.1 Å². The van der Waals surface area contributed by atoms with Crippen molar-refractivity contribution in [3.8, 4) is 0 Å². The lowest BCUT2D eigenvalue weighted by molar-refractivity contribution is -0.380. The number of thiophene rings is 1. The number of carbonyl (C=O) groups is 2. The number of nitrogens with zero attached hydrogens (tertiary/aromatic N) is 1. The van der Waals surface area contributed by atoms with Gasteiger partial charge in [0.15, 0.2) is 6.10 Å². The molecular weight excluding hydrogens is 296 g/mol. The van der Waals surface area contributed by atoms with Crippen molar-refractivity contribution in [3.63, 3.8) is 0 Å². The third kappa shape index (κ3) is 4.01. The van der Waals surface area contributed by atoms with E-state index in [2.05, 4.69) is 5.32 Å². The van der Waals surface area contributed by atoms with Crippen LogP contribution in [0.25, 0.3) is 0 Å². The molecule has 0 bridgehead atoms. The minimum absolute atomic E-state index is 0.113. The van der Waals surface area contributed by atoms with Gasteiger partial charge in [-0.2, -0.15) is 0 Å². The van der Waals surface area contributed by atoms with Crippen molar-refractivity contribution in [3.05, 3.63) is 27.1 Å². The predicted molar refractivity (Wildman–Crippen MR) is 76.2 cm³/mol. The first kappa shape index (κ1) is 15.4. The number of hydrogen-bond acceptors (Lipinski definition) is 6. The average Bonchev–Trinajstić information content (AvgIpc) is 3.09. The molecule has 0 spiro atoms.